The van der Waals surface area contributed by atoms with Crippen LogP contribution in [0.1, 0.15) is 41.9 Å². The van der Waals surface area contributed by atoms with Gasteiger partial charge in [0.2, 0.25) is 5.43 Å². The Morgan fingerprint density at radius 2 is 2.00 bits per heavy atom. The molecule has 2 aromatic rings. The lowest BCUT2D eigenvalue weighted by Gasteiger charge is -2.28. The van der Waals surface area contributed by atoms with Crippen LogP contribution in [0, 0.1) is 12.7 Å². The number of aryl methyl sites for hydroxylation is 1. The quantitative estimate of drug-likeness (QED) is 0.849. The molecule has 3 rings (SSSR count). The number of benzene rings is 1. The Bertz CT molecular complexity index is 863. The van der Waals surface area contributed by atoms with Crippen LogP contribution < -0.4 is 16.5 Å². The van der Waals surface area contributed by atoms with Crippen molar-refractivity contribution in [2.75, 3.05) is 6.54 Å². The van der Waals surface area contributed by atoms with Crippen molar-refractivity contribution in [2.24, 2.45) is 5.73 Å². The Balaban J connectivity index is 0.00000243. The summed E-state index contributed by atoms with van der Waals surface area (Å²) in [7, 11) is 0. The zero-order chi connectivity index (χ0) is 18.0. The molecule has 1 fully saturated rings. The van der Waals surface area contributed by atoms with E-state index in [1.165, 1.54) is 16.8 Å². The lowest BCUT2D eigenvalue weighted by atomic mass is 9.97. The second-order valence-electron chi connectivity index (χ2n) is 6.51. The average Bonchev–Trinajstić information content (AvgIpc) is 3.05. The first kappa shape index (κ1) is 20.1. The predicted octanol–water partition coefficient (Wildman–Crippen LogP) is 2.10. The largest absolute Gasteiger partial charge is 0.344 e. The van der Waals surface area contributed by atoms with Crippen molar-refractivity contribution < 1.29 is 9.18 Å². The van der Waals surface area contributed by atoms with Crippen LogP contribution in [0.3, 0.4) is 0 Å². The van der Waals surface area contributed by atoms with Gasteiger partial charge in [-0.25, -0.2) is 9.07 Å². The zero-order valence-electron chi connectivity index (χ0n) is 14.5. The van der Waals surface area contributed by atoms with Crippen molar-refractivity contribution in [1.82, 2.24) is 15.1 Å². The average molecular weight is 381 g/mol. The van der Waals surface area contributed by atoms with Crippen molar-refractivity contribution in [3.8, 4) is 5.69 Å². The molecule has 1 aliphatic rings. The van der Waals surface area contributed by atoms with Gasteiger partial charge in [0.25, 0.3) is 5.91 Å². The van der Waals surface area contributed by atoms with Gasteiger partial charge in [-0.2, -0.15) is 5.10 Å². The maximum absolute atomic E-state index is 14.1. The molecule has 1 amide bonds. The molecule has 1 saturated carbocycles. The predicted molar refractivity (Wildman–Crippen MR) is 99.5 cm³/mol. The number of rotatable bonds is 4. The van der Waals surface area contributed by atoms with Crippen LogP contribution >= 0.6 is 12.4 Å². The number of para-hydroxylation sites is 1. The minimum atomic E-state index is -0.567. The number of hydrogen-bond donors (Lipinski definition) is 2. The highest BCUT2D eigenvalue weighted by molar-refractivity contribution is 5.92. The highest BCUT2D eigenvalue weighted by Gasteiger charge is 2.35. The third-order valence-electron chi connectivity index (χ3n) is 4.73. The Morgan fingerprint density at radius 3 is 2.62 bits per heavy atom. The molecule has 1 aliphatic carbocycles. The fraction of sp³-hybridized carbons (Fsp3) is 0.389. The fourth-order valence-electron chi connectivity index (χ4n) is 3.30. The number of nitrogens with two attached hydrogens (primary N) is 1. The van der Waals surface area contributed by atoms with E-state index in [2.05, 4.69) is 10.4 Å². The van der Waals surface area contributed by atoms with Gasteiger partial charge in [0, 0.05) is 18.3 Å². The summed E-state index contributed by atoms with van der Waals surface area (Å²) in [5, 5.41) is 7.00. The summed E-state index contributed by atoms with van der Waals surface area (Å²) in [6, 6.07) is 7.36. The molecule has 3 N–H and O–H groups in total. The first-order valence-corrected chi connectivity index (χ1v) is 8.34. The highest BCUT2D eigenvalue weighted by Crippen LogP contribution is 2.28. The topological polar surface area (TPSA) is 90.0 Å². The van der Waals surface area contributed by atoms with Crippen LogP contribution in [0.25, 0.3) is 5.69 Å². The van der Waals surface area contributed by atoms with Crippen LogP contribution in [-0.4, -0.2) is 27.8 Å². The third-order valence-corrected chi connectivity index (χ3v) is 4.73. The number of amides is 1. The molecule has 1 heterocycles. The minimum absolute atomic E-state index is 0. The number of carbonyl (C=O) groups excluding carboxylic acids is 1. The number of nitrogens with one attached hydrogen (secondary N) is 1. The van der Waals surface area contributed by atoms with E-state index in [4.69, 9.17) is 5.73 Å². The zero-order valence-corrected chi connectivity index (χ0v) is 15.3. The molecule has 0 bridgehead atoms. The Hall–Kier alpha value is -2.25. The van der Waals surface area contributed by atoms with E-state index in [9.17, 15) is 14.0 Å². The van der Waals surface area contributed by atoms with E-state index < -0.39 is 22.7 Å². The molecule has 8 heteroatoms. The number of nitrogens with zero attached hydrogens (tertiary/aromatic N) is 2. The number of halogens is 2. The van der Waals surface area contributed by atoms with Crippen LogP contribution in [0.15, 0.2) is 35.1 Å². The molecule has 1 aromatic carbocycles. The molecule has 1 aromatic heterocycles. The van der Waals surface area contributed by atoms with E-state index in [0.29, 0.717) is 12.2 Å². The number of carbonyl (C=O) groups is 1. The monoisotopic (exact) mass is 380 g/mol. The summed E-state index contributed by atoms with van der Waals surface area (Å²) >= 11 is 0. The number of aromatic nitrogens is 2. The van der Waals surface area contributed by atoms with Crippen molar-refractivity contribution in [3.05, 3.63) is 57.8 Å². The van der Waals surface area contributed by atoms with Crippen molar-refractivity contribution in [3.63, 3.8) is 0 Å². The van der Waals surface area contributed by atoms with E-state index in [1.807, 2.05) is 0 Å². The molecule has 0 saturated heterocycles. The Labute approximate surface area is 157 Å². The molecule has 0 radical (unpaired) electrons. The third kappa shape index (κ3) is 3.78. The molecule has 0 aliphatic heterocycles. The van der Waals surface area contributed by atoms with Crippen LogP contribution in [0.2, 0.25) is 0 Å². The summed E-state index contributed by atoms with van der Waals surface area (Å²) in [5.41, 5.74) is 5.22. The van der Waals surface area contributed by atoms with Crippen LogP contribution in [-0.2, 0) is 0 Å². The maximum Gasteiger partial charge on any atom is 0.276 e. The van der Waals surface area contributed by atoms with Crippen LogP contribution in [0.5, 0.6) is 0 Å². The first-order chi connectivity index (χ1) is 12.0. The molecular weight excluding hydrogens is 359 g/mol. The molecule has 0 unspecified atom stereocenters. The Morgan fingerprint density at radius 1 is 1.35 bits per heavy atom. The van der Waals surface area contributed by atoms with Gasteiger partial charge in [-0.3, -0.25) is 9.59 Å². The molecule has 0 atom stereocenters. The van der Waals surface area contributed by atoms with E-state index >= 15 is 0 Å². The second kappa shape index (κ2) is 7.97. The molecule has 6 nitrogen and oxygen atoms in total. The van der Waals surface area contributed by atoms with Crippen molar-refractivity contribution in [1.29, 1.82) is 0 Å². The minimum Gasteiger partial charge on any atom is -0.344 e. The molecule has 140 valence electrons. The highest BCUT2D eigenvalue weighted by atomic mass is 35.5. The van der Waals surface area contributed by atoms with Gasteiger partial charge in [-0.05, 0) is 31.9 Å². The normalized spacial score (nSPS) is 15.3. The lowest BCUT2D eigenvalue weighted by Crippen LogP contribution is -2.52. The summed E-state index contributed by atoms with van der Waals surface area (Å²) in [6.45, 7) is 1.95. The summed E-state index contributed by atoms with van der Waals surface area (Å²) in [6.07, 6.45) is 3.53. The standard InChI is InChI=1S/C18H21FN4O2.ClH/c1-12-10-15(24)16(17(25)21-18(11-20)8-4-5-9-18)22-23(12)14-7-3-2-6-13(14)19;/h2-3,6-7,10H,4-5,8-9,11,20H2,1H3,(H,21,25);1H. The van der Waals surface area contributed by atoms with Gasteiger partial charge < -0.3 is 11.1 Å². The molecule has 0 spiro atoms. The first-order valence-electron chi connectivity index (χ1n) is 8.34. The van der Waals surface area contributed by atoms with E-state index in [0.717, 1.165) is 25.7 Å². The summed E-state index contributed by atoms with van der Waals surface area (Å²) in [5.74, 6) is -1.05. The van der Waals surface area contributed by atoms with Gasteiger partial charge in [-0.1, -0.05) is 25.0 Å². The van der Waals surface area contributed by atoms with E-state index in [-0.39, 0.29) is 23.8 Å². The molecular formula is C18H22ClFN4O2. The summed E-state index contributed by atoms with van der Waals surface area (Å²) in [4.78, 5) is 24.9. The molecule has 26 heavy (non-hydrogen) atoms. The summed E-state index contributed by atoms with van der Waals surface area (Å²) < 4.78 is 15.3. The SMILES string of the molecule is Cc1cc(=O)c(C(=O)NC2(CN)CCCC2)nn1-c1ccccc1F.Cl. The Kier molecular flexibility index (Phi) is 6.15. The van der Waals surface area contributed by atoms with Gasteiger partial charge >= 0.3 is 0 Å². The van der Waals surface area contributed by atoms with Gasteiger partial charge in [0.05, 0.1) is 5.54 Å². The van der Waals surface area contributed by atoms with Crippen LogP contribution in [0.4, 0.5) is 4.39 Å². The smallest absolute Gasteiger partial charge is 0.276 e. The van der Waals surface area contributed by atoms with Gasteiger partial charge in [0.15, 0.2) is 5.69 Å². The maximum atomic E-state index is 14.1. The lowest BCUT2D eigenvalue weighted by molar-refractivity contribution is 0.0895. The number of hydrogen-bond acceptors (Lipinski definition) is 4. The van der Waals surface area contributed by atoms with E-state index in [1.54, 1.807) is 25.1 Å². The van der Waals surface area contributed by atoms with Gasteiger partial charge in [-0.15, -0.1) is 12.4 Å². The second-order valence-corrected chi connectivity index (χ2v) is 6.51. The van der Waals surface area contributed by atoms with Gasteiger partial charge in [0.1, 0.15) is 11.5 Å². The fourth-order valence-corrected chi connectivity index (χ4v) is 3.30. The van der Waals surface area contributed by atoms with Crippen molar-refractivity contribution in [2.45, 2.75) is 38.1 Å². The van der Waals surface area contributed by atoms with Crippen molar-refractivity contribution >= 4 is 18.3 Å².